The highest BCUT2D eigenvalue weighted by Crippen LogP contribution is 2.26. The molecule has 0 saturated carbocycles. The molecule has 17 heavy (non-hydrogen) atoms. The third-order valence-electron chi connectivity index (χ3n) is 2.43. The zero-order chi connectivity index (χ0) is 13.2. The monoisotopic (exact) mass is 314 g/mol. The molecule has 1 rings (SSSR count). The average Bonchev–Trinajstić information content (AvgIpc) is 2.49. The Balaban J connectivity index is 2.73. The van der Waals surface area contributed by atoms with E-state index in [2.05, 4.69) is 21.0 Å². The fourth-order valence-electron chi connectivity index (χ4n) is 1.28. The van der Waals surface area contributed by atoms with E-state index in [0.717, 1.165) is 17.1 Å². The summed E-state index contributed by atoms with van der Waals surface area (Å²) >= 11 is 3.32. The van der Waals surface area contributed by atoms with Gasteiger partial charge in [0.2, 0.25) is 0 Å². The van der Waals surface area contributed by atoms with Crippen LogP contribution in [0, 0.1) is 0 Å². The molecule has 0 aliphatic carbocycles. The second-order valence-corrected chi connectivity index (χ2v) is 4.47. The lowest BCUT2D eigenvalue weighted by molar-refractivity contribution is -0.217. The topological polar surface area (TPSA) is 27.1 Å². The van der Waals surface area contributed by atoms with Crippen molar-refractivity contribution in [1.82, 2.24) is 9.78 Å². The Morgan fingerprint density at radius 2 is 2.06 bits per heavy atom. The maximum absolute atomic E-state index is 12.3. The van der Waals surface area contributed by atoms with E-state index >= 15 is 0 Å². The normalized spacial score (nSPS) is 14.1. The summed E-state index contributed by atoms with van der Waals surface area (Å²) in [6.45, 7) is 2.80. The lowest BCUT2D eigenvalue weighted by atomic mass is 10.3. The number of rotatable bonds is 4. The first kappa shape index (κ1) is 14.5. The lowest BCUT2D eigenvalue weighted by Crippen LogP contribution is -2.28. The zero-order valence-corrected chi connectivity index (χ0v) is 11.4. The van der Waals surface area contributed by atoms with Crippen LogP contribution in [0.4, 0.5) is 13.2 Å². The number of halogens is 4. The van der Waals surface area contributed by atoms with Gasteiger partial charge in [-0.15, -0.1) is 0 Å². The number of hydrogen-bond acceptors (Lipinski definition) is 2. The van der Waals surface area contributed by atoms with Crippen molar-refractivity contribution in [3.8, 4) is 0 Å². The second-order valence-electron chi connectivity index (χ2n) is 3.68. The van der Waals surface area contributed by atoms with Gasteiger partial charge in [0.15, 0.2) is 6.10 Å². The fourth-order valence-corrected chi connectivity index (χ4v) is 2.01. The SMILES string of the molecule is CCc1nn(C)c(COC(C)C(F)(F)F)c1Br. The minimum Gasteiger partial charge on any atom is -0.363 e. The van der Waals surface area contributed by atoms with Gasteiger partial charge in [0.1, 0.15) is 0 Å². The molecule has 1 aromatic rings. The van der Waals surface area contributed by atoms with Crippen LogP contribution in [0.25, 0.3) is 0 Å². The Morgan fingerprint density at radius 3 is 2.47 bits per heavy atom. The summed E-state index contributed by atoms with van der Waals surface area (Å²) in [5.41, 5.74) is 1.42. The summed E-state index contributed by atoms with van der Waals surface area (Å²) in [6, 6.07) is 0. The molecular weight excluding hydrogens is 301 g/mol. The first-order chi connectivity index (χ1) is 7.77. The lowest BCUT2D eigenvalue weighted by Gasteiger charge is -2.16. The molecule has 0 fully saturated rings. The summed E-state index contributed by atoms with van der Waals surface area (Å²) < 4.78 is 43.8. The molecule has 0 radical (unpaired) electrons. The first-order valence-electron chi connectivity index (χ1n) is 5.15. The molecular formula is C10H14BrF3N2O. The van der Waals surface area contributed by atoms with Gasteiger partial charge in [0.05, 0.1) is 22.5 Å². The quantitative estimate of drug-likeness (QED) is 0.853. The Labute approximate surface area is 106 Å². The number of hydrogen-bond donors (Lipinski definition) is 0. The van der Waals surface area contributed by atoms with Crippen LogP contribution in [0.1, 0.15) is 25.2 Å². The van der Waals surface area contributed by atoms with E-state index in [4.69, 9.17) is 4.74 Å². The molecule has 0 aliphatic rings. The number of nitrogens with zero attached hydrogens (tertiary/aromatic N) is 2. The van der Waals surface area contributed by atoms with E-state index in [-0.39, 0.29) is 6.61 Å². The van der Waals surface area contributed by atoms with E-state index in [9.17, 15) is 13.2 Å². The van der Waals surface area contributed by atoms with Crippen molar-refractivity contribution >= 4 is 15.9 Å². The third-order valence-corrected chi connectivity index (χ3v) is 3.35. The van der Waals surface area contributed by atoms with E-state index in [1.807, 2.05) is 6.92 Å². The standard InChI is InChI=1S/C10H14BrF3N2O/c1-4-7-9(11)8(16(3)15-7)5-17-6(2)10(12,13)14/h6H,4-5H2,1-3H3. The van der Waals surface area contributed by atoms with Crippen LogP contribution in [-0.4, -0.2) is 22.1 Å². The van der Waals surface area contributed by atoms with Crippen molar-refractivity contribution in [1.29, 1.82) is 0 Å². The van der Waals surface area contributed by atoms with Crippen molar-refractivity contribution in [3.63, 3.8) is 0 Å². The molecule has 0 aromatic carbocycles. The molecule has 1 heterocycles. The molecule has 0 spiro atoms. The van der Waals surface area contributed by atoms with Gasteiger partial charge in [-0.2, -0.15) is 18.3 Å². The smallest absolute Gasteiger partial charge is 0.363 e. The summed E-state index contributed by atoms with van der Waals surface area (Å²) in [5, 5.41) is 4.18. The van der Waals surface area contributed by atoms with Gasteiger partial charge in [-0.25, -0.2) is 0 Å². The van der Waals surface area contributed by atoms with Crippen LogP contribution in [-0.2, 0) is 24.8 Å². The van der Waals surface area contributed by atoms with E-state index in [1.54, 1.807) is 7.05 Å². The van der Waals surface area contributed by atoms with Crippen molar-refractivity contribution in [2.24, 2.45) is 7.05 Å². The molecule has 0 saturated heterocycles. The Morgan fingerprint density at radius 1 is 1.47 bits per heavy atom. The van der Waals surface area contributed by atoms with Gasteiger partial charge in [0, 0.05) is 7.05 Å². The van der Waals surface area contributed by atoms with E-state index < -0.39 is 12.3 Å². The molecule has 98 valence electrons. The third kappa shape index (κ3) is 3.45. The maximum Gasteiger partial charge on any atom is 0.414 e. The minimum absolute atomic E-state index is 0.120. The van der Waals surface area contributed by atoms with Gasteiger partial charge >= 0.3 is 6.18 Å². The Bertz CT molecular complexity index is 390. The van der Waals surface area contributed by atoms with Gasteiger partial charge < -0.3 is 4.74 Å². The summed E-state index contributed by atoms with van der Waals surface area (Å²) in [6.07, 6.45) is -5.41. The summed E-state index contributed by atoms with van der Waals surface area (Å²) in [4.78, 5) is 0. The predicted octanol–water partition coefficient (Wildman–Crippen LogP) is 3.21. The van der Waals surface area contributed by atoms with Crippen LogP contribution < -0.4 is 0 Å². The summed E-state index contributed by atoms with van der Waals surface area (Å²) in [7, 11) is 1.68. The highest BCUT2D eigenvalue weighted by atomic mass is 79.9. The first-order valence-corrected chi connectivity index (χ1v) is 5.95. The second kappa shape index (κ2) is 5.39. The van der Waals surface area contributed by atoms with Gasteiger partial charge in [-0.05, 0) is 29.3 Å². The predicted molar refractivity (Wildman–Crippen MR) is 60.6 cm³/mol. The molecule has 1 atom stereocenters. The maximum atomic E-state index is 12.3. The van der Waals surface area contributed by atoms with Crippen molar-refractivity contribution in [2.75, 3.05) is 0 Å². The number of aromatic nitrogens is 2. The number of ether oxygens (including phenoxy) is 1. The highest BCUT2D eigenvalue weighted by molar-refractivity contribution is 9.10. The van der Waals surface area contributed by atoms with Gasteiger partial charge in [0.25, 0.3) is 0 Å². The molecule has 3 nitrogen and oxygen atoms in total. The van der Waals surface area contributed by atoms with Gasteiger partial charge in [-0.3, -0.25) is 4.68 Å². The Hall–Kier alpha value is -0.560. The van der Waals surface area contributed by atoms with Crippen LogP contribution >= 0.6 is 15.9 Å². The van der Waals surface area contributed by atoms with E-state index in [1.165, 1.54) is 4.68 Å². The zero-order valence-electron chi connectivity index (χ0n) is 9.81. The van der Waals surface area contributed by atoms with Crippen LogP contribution in [0.15, 0.2) is 4.47 Å². The molecule has 0 bridgehead atoms. The average molecular weight is 315 g/mol. The van der Waals surface area contributed by atoms with Crippen molar-refractivity contribution < 1.29 is 17.9 Å². The van der Waals surface area contributed by atoms with E-state index in [0.29, 0.717) is 12.1 Å². The minimum atomic E-state index is -4.33. The fraction of sp³-hybridized carbons (Fsp3) is 0.700. The molecule has 7 heteroatoms. The van der Waals surface area contributed by atoms with Crippen molar-refractivity contribution in [2.45, 2.75) is 39.2 Å². The van der Waals surface area contributed by atoms with Crippen molar-refractivity contribution in [3.05, 3.63) is 15.9 Å². The Kier molecular flexibility index (Phi) is 4.60. The molecule has 0 N–H and O–H groups in total. The number of aryl methyl sites for hydroxylation is 2. The van der Waals surface area contributed by atoms with Crippen LogP contribution in [0.2, 0.25) is 0 Å². The van der Waals surface area contributed by atoms with Crippen LogP contribution in [0.5, 0.6) is 0 Å². The molecule has 1 aromatic heterocycles. The van der Waals surface area contributed by atoms with Gasteiger partial charge in [-0.1, -0.05) is 6.92 Å². The van der Waals surface area contributed by atoms with Crippen LogP contribution in [0.3, 0.4) is 0 Å². The molecule has 1 unspecified atom stereocenters. The molecule has 0 aliphatic heterocycles. The largest absolute Gasteiger partial charge is 0.414 e. The number of alkyl halides is 3. The highest BCUT2D eigenvalue weighted by Gasteiger charge is 2.37. The molecule has 0 amide bonds. The summed E-state index contributed by atoms with van der Waals surface area (Å²) in [5.74, 6) is 0.